The molecule has 2 aromatic heterocycles. The van der Waals surface area contributed by atoms with Crippen molar-refractivity contribution < 1.29 is 9.84 Å². The van der Waals surface area contributed by atoms with E-state index in [2.05, 4.69) is 22.0 Å². The van der Waals surface area contributed by atoms with Crippen LogP contribution in [0.3, 0.4) is 0 Å². The summed E-state index contributed by atoms with van der Waals surface area (Å²) < 4.78 is 6.86. The van der Waals surface area contributed by atoms with Gasteiger partial charge in [-0.2, -0.15) is 5.10 Å². The summed E-state index contributed by atoms with van der Waals surface area (Å²) in [7, 11) is 1.50. The SMILES string of the molecule is CCCn1nccc1C(O)c1nccnc1OC. The minimum absolute atomic E-state index is 0.328. The third-order valence-electron chi connectivity index (χ3n) is 2.61. The Bertz CT molecular complexity index is 512. The van der Waals surface area contributed by atoms with Crippen molar-refractivity contribution >= 4 is 0 Å². The van der Waals surface area contributed by atoms with Crippen LogP contribution < -0.4 is 4.74 Å². The van der Waals surface area contributed by atoms with Gasteiger partial charge in [0.25, 0.3) is 0 Å². The van der Waals surface area contributed by atoms with Crippen molar-refractivity contribution in [1.29, 1.82) is 0 Å². The molecule has 18 heavy (non-hydrogen) atoms. The van der Waals surface area contributed by atoms with E-state index >= 15 is 0 Å². The summed E-state index contributed by atoms with van der Waals surface area (Å²) in [6.07, 6.45) is 4.78. The van der Waals surface area contributed by atoms with E-state index in [0.717, 1.165) is 13.0 Å². The van der Waals surface area contributed by atoms with Crippen LogP contribution in [-0.4, -0.2) is 32.0 Å². The number of methoxy groups -OCH3 is 1. The van der Waals surface area contributed by atoms with Crippen molar-refractivity contribution in [3.63, 3.8) is 0 Å². The lowest BCUT2D eigenvalue weighted by atomic mass is 10.2. The van der Waals surface area contributed by atoms with Crippen molar-refractivity contribution in [3.05, 3.63) is 36.0 Å². The Morgan fingerprint density at radius 1 is 1.33 bits per heavy atom. The predicted octanol–water partition coefficient (Wildman–Crippen LogP) is 1.17. The first-order valence-electron chi connectivity index (χ1n) is 5.82. The number of hydrogen-bond donors (Lipinski definition) is 1. The highest BCUT2D eigenvalue weighted by Gasteiger charge is 2.21. The molecule has 2 heterocycles. The van der Waals surface area contributed by atoms with Gasteiger partial charge in [0, 0.05) is 25.1 Å². The normalized spacial score (nSPS) is 12.4. The van der Waals surface area contributed by atoms with Gasteiger partial charge in [-0.25, -0.2) is 4.98 Å². The van der Waals surface area contributed by atoms with Gasteiger partial charge >= 0.3 is 0 Å². The maximum atomic E-state index is 10.4. The molecule has 0 fully saturated rings. The molecule has 0 saturated carbocycles. The van der Waals surface area contributed by atoms with Crippen LogP contribution in [-0.2, 0) is 6.54 Å². The molecule has 2 rings (SSSR count). The standard InChI is InChI=1S/C12H16N4O2/c1-3-8-16-9(4-5-15-16)11(17)10-12(18-2)14-7-6-13-10/h4-7,11,17H,3,8H2,1-2H3. The summed E-state index contributed by atoms with van der Waals surface area (Å²) in [5.74, 6) is 0.328. The fraction of sp³-hybridized carbons (Fsp3) is 0.417. The van der Waals surface area contributed by atoms with Gasteiger partial charge in [-0.05, 0) is 12.5 Å². The van der Waals surface area contributed by atoms with Gasteiger partial charge in [0.1, 0.15) is 11.8 Å². The molecule has 1 N–H and O–H groups in total. The Morgan fingerprint density at radius 2 is 2.11 bits per heavy atom. The van der Waals surface area contributed by atoms with E-state index in [4.69, 9.17) is 4.74 Å². The van der Waals surface area contributed by atoms with E-state index in [1.54, 1.807) is 16.9 Å². The molecule has 0 amide bonds. The Balaban J connectivity index is 2.35. The zero-order valence-corrected chi connectivity index (χ0v) is 10.4. The Hall–Kier alpha value is -1.95. The van der Waals surface area contributed by atoms with Gasteiger partial charge in [-0.3, -0.25) is 9.67 Å². The van der Waals surface area contributed by atoms with Gasteiger partial charge in [0.2, 0.25) is 5.88 Å². The number of aromatic nitrogens is 4. The predicted molar refractivity (Wildman–Crippen MR) is 65.2 cm³/mol. The lowest BCUT2D eigenvalue weighted by Crippen LogP contribution is -2.12. The average molecular weight is 248 g/mol. The number of aliphatic hydroxyl groups is 1. The summed E-state index contributed by atoms with van der Waals surface area (Å²) in [6, 6.07) is 1.77. The second-order valence-corrected chi connectivity index (χ2v) is 3.83. The van der Waals surface area contributed by atoms with Crippen LogP contribution in [0.2, 0.25) is 0 Å². The zero-order chi connectivity index (χ0) is 13.0. The summed E-state index contributed by atoms with van der Waals surface area (Å²) in [5, 5.41) is 14.5. The molecule has 2 aromatic rings. The number of aryl methyl sites for hydroxylation is 1. The summed E-state index contributed by atoms with van der Waals surface area (Å²) in [4.78, 5) is 8.16. The Labute approximate surface area is 105 Å². The first-order chi connectivity index (χ1) is 8.77. The molecule has 6 nitrogen and oxygen atoms in total. The topological polar surface area (TPSA) is 73.1 Å². The largest absolute Gasteiger partial charge is 0.480 e. The second kappa shape index (κ2) is 5.59. The molecule has 0 aromatic carbocycles. The molecular weight excluding hydrogens is 232 g/mol. The second-order valence-electron chi connectivity index (χ2n) is 3.83. The number of nitrogens with zero attached hydrogens (tertiary/aromatic N) is 4. The molecule has 0 aliphatic carbocycles. The maximum absolute atomic E-state index is 10.4. The first kappa shape index (κ1) is 12.5. The monoisotopic (exact) mass is 248 g/mol. The van der Waals surface area contributed by atoms with Crippen LogP contribution in [0, 0.1) is 0 Å². The van der Waals surface area contributed by atoms with Crippen LogP contribution in [0.4, 0.5) is 0 Å². The molecule has 6 heteroatoms. The van der Waals surface area contributed by atoms with E-state index in [1.165, 1.54) is 19.5 Å². The van der Waals surface area contributed by atoms with Crippen LogP contribution in [0.15, 0.2) is 24.7 Å². The minimum Gasteiger partial charge on any atom is -0.480 e. The van der Waals surface area contributed by atoms with Gasteiger partial charge in [0.15, 0.2) is 0 Å². The molecule has 0 radical (unpaired) electrons. The molecule has 96 valence electrons. The van der Waals surface area contributed by atoms with E-state index in [9.17, 15) is 5.11 Å². The number of ether oxygens (including phenoxy) is 1. The maximum Gasteiger partial charge on any atom is 0.238 e. The number of rotatable bonds is 5. The Kier molecular flexibility index (Phi) is 3.88. The number of aliphatic hydroxyl groups excluding tert-OH is 1. The fourth-order valence-electron chi connectivity index (χ4n) is 1.79. The van der Waals surface area contributed by atoms with Crippen molar-refractivity contribution in [2.24, 2.45) is 0 Å². The smallest absolute Gasteiger partial charge is 0.238 e. The van der Waals surface area contributed by atoms with Crippen LogP contribution in [0.5, 0.6) is 5.88 Å². The van der Waals surface area contributed by atoms with Crippen LogP contribution in [0.1, 0.15) is 30.8 Å². The van der Waals surface area contributed by atoms with Crippen LogP contribution in [0.25, 0.3) is 0 Å². The van der Waals surface area contributed by atoms with E-state index in [-0.39, 0.29) is 0 Å². The highest BCUT2D eigenvalue weighted by Crippen LogP contribution is 2.25. The van der Waals surface area contributed by atoms with Crippen molar-refractivity contribution in [2.45, 2.75) is 26.0 Å². The first-order valence-corrected chi connectivity index (χ1v) is 5.82. The number of hydrogen-bond acceptors (Lipinski definition) is 5. The van der Waals surface area contributed by atoms with E-state index < -0.39 is 6.10 Å². The van der Waals surface area contributed by atoms with Gasteiger partial charge < -0.3 is 9.84 Å². The molecular formula is C12H16N4O2. The molecule has 1 unspecified atom stereocenters. The van der Waals surface area contributed by atoms with Gasteiger partial charge in [-0.15, -0.1) is 0 Å². The van der Waals surface area contributed by atoms with Crippen LogP contribution >= 0.6 is 0 Å². The molecule has 0 aliphatic heterocycles. The molecule has 1 atom stereocenters. The van der Waals surface area contributed by atoms with E-state index in [1.807, 2.05) is 0 Å². The van der Waals surface area contributed by atoms with Crippen molar-refractivity contribution in [3.8, 4) is 5.88 Å². The minimum atomic E-state index is -0.886. The summed E-state index contributed by atoms with van der Waals surface area (Å²) in [6.45, 7) is 2.81. The van der Waals surface area contributed by atoms with Gasteiger partial charge in [-0.1, -0.05) is 6.92 Å². The summed E-state index contributed by atoms with van der Waals surface area (Å²) in [5.41, 5.74) is 1.09. The highest BCUT2D eigenvalue weighted by atomic mass is 16.5. The fourth-order valence-corrected chi connectivity index (χ4v) is 1.79. The molecule has 0 bridgehead atoms. The van der Waals surface area contributed by atoms with Gasteiger partial charge in [0.05, 0.1) is 12.8 Å². The third-order valence-corrected chi connectivity index (χ3v) is 2.61. The van der Waals surface area contributed by atoms with Crippen molar-refractivity contribution in [1.82, 2.24) is 19.7 Å². The van der Waals surface area contributed by atoms with E-state index in [0.29, 0.717) is 17.3 Å². The van der Waals surface area contributed by atoms with Crippen molar-refractivity contribution in [2.75, 3.05) is 7.11 Å². The zero-order valence-electron chi connectivity index (χ0n) is 10.4. The Morgan fingerprint density at radius 3 is 2.83 bits per heavy atom. The lowest BCUT2D eigenvalue weighted by molar-refractivity contribution is 0.195. The summed E-state index contributed by atoms with van der Waals surface area (Å²) >= 11 is 0. The molecule has 0 aliphatic rings. The highest BCUT2D eigenvalue weighted by molar-refractivity contribution is 5.26. The quantitative estimate of drug-likeness (QED) is 0.860. The lowest BCUT2D eigenvalue weighted by Gasteiger charge is -2.14. The third kappa shape index (κ3) is 2.33. The molecule has 0 saturated heterocycles. The average Bonchev–Trinajstić information content (AvgIpc) is 2.86. The molecule has 0 spiro atoms.